The number of hydrogen-bond acceptors (Lipinski definition) is 5. The van der Waals surface area contributed by atoms with Gasteiger partial charge in [0.25, 0.3) is 0 Å². The molecule has 31 heavy (non-hydrogen) atoms. The van der Waals surface area contributed by atoms with Crippen LogP contribution < -0.4 is 10.4 Å². The third kappa shape index (κ3) is 4.70. The summed E-state index contributed by atoms with van der Waals surface area (Å²) in [4.78, 5) is 13.7. The fraction of sp³-hybridized carbons (Fsp3) is 0.682. The second-order valence-electron chi connectivity index (χ2n) is 11.0. The standard InChI is InChI=1S/C22H35BFNO5Si/c1-20(2,3)31(8,9)27-14-16-13-25(19(26)28-16)18-11-10-15(12-17(18)24)23-29-21(4,5)22(6,7)30-23/h10-12,16H,13-14H2,1-9H3/t16-/m1/s1. The summed E-state index contributed by atoms with van der Waals surface area (Å²) in [6.07, 6.45) is -0.991. The van der Waals surface area contributed by atoms with Crippen molar-refractivity contribution in [3.05, 3.63) is 24.0 Å². The van der Waals surface area contributed by atoms with Crippen LogP contribution in [0.2, 0.25) is 18.1 Å². The Hall–Kier alpha value is -1.42. The van der Waals surface area contributed by atoms with Gasteiger partial charge in [0.2, 0.25) is 0 Å². The van der Waals surface area contributed by atoms with Crippen molar-refractivity contribution >= 4 is 32.7 Å². The lowest BCUT2D eigenvalue weighted by molar-refractivity contribution is 0.00578. The number of amides is 1. The molecule has 0 bridgehead atoms. The number of hydrogen-bond donors (Lipinski definition) is 0. The molecule has 0 spiro atoms. The monoisotopic (exact) mass is 451 g/mol. The largest absolute Gasteiger partial charge is 0.494 e. The maximum Gasteiger partial charge on any atom is 0.494 e. The highest BCUT2D eigenvalue weighted by molar-refractivity contribution is 6.74. The van der Waals surface area contributed by atoms with Crippen LogP contribution in [0.4, 0.5) is 14.9 Å². The van der Waals surface area contributed by atoms with E-state index in [4.69, 9.17) is 18.5 Å². The van der Waals surface area contributed by atoms with Gasteiger partial charge < -0.3 is 18.5 Å². The summed E-state index contributed by atoms with van der Waals surface area (Å²) < 4.78 is 38.6. The Morgan fingerprint density at radius 1 is 1.19 bits per heavy atom. The van der Waals surface area contributed by atoms with E-state index in [9.17, 15) is 9.18 Å². The molecule has 2 heterocycles. The van der Waals surface area contributed by atoms with Crippen molar-refractivity contribution in [1.29, 1.82) is 0 Å². The van der Waals surface area contributed by atoms with Crippen molar-refractivity contribution in [3.8, 4) is 0 Å². The highest BCUT2D eigenvalue weighted by Crippen LogP contribution is 2.38. The molecule has 2 aliphatic heterocycles. The van der Waals surface area contributed by atoms with Crippen molar-refractivity contribution in [3.63, 3.8) is 0 Å². The average Bonchev–Trinajstić information content (AvgIpc) is 3.08. The molecular weight excluding hydrogens is 416 g/mol. The molecule has 6 nitrogen and oxygen atoms in total. The number of anilines is 1. The third-order valence-electron chi connectivity index (χ3n) is 7.10. The highest BCUT2D eigenvalue weighted by Gasteiger charge is 2.52. The maximum atomic E-state index is 15.0. The third-order valence-corrected chi connectivity index (χ3v) is 11.6. The Balaban J connectivity index is 1.69. The van der Waals surface area contributed by atoms with Gasteiger partial charge in [0.05, 0.1) is 30.0 Å². The first-order valence-corrected chi connectivity index (χ1v) is 13.7. The molecule has 2 aliphatic rings. The van der Waals surface area contributed by atoms with Crippen molar-refractivity contribution in [2.45, 2.75) is 83.9 Å². The number of carbonyl (C=O) groups excluding carboxylic acids is 1. The zero-order valence-electron chi connectivity index (χ0n) is 20.2. The van der Waals surface area contributed by atoms with Gasteiger partial charge >= 0.3 is 13.2 Å². The minimum atomic E-state index is -1.96. The van der Waals surface area contributed by atoms with Gasteiger partial charge in [-0.2, -0.15) is 0 Å². The van der Waals surface area contributed by atoms with Gasteiger partial charge in [-0.25, -0.2) is 9.18 Å². The van der Waals surface area contributed by atoms with E-state index in [-0.39, 0.29) is 17.3 Å². The molecule has 1 aromatic carbocycles. The molecule has 9 heteroatoms. The van der Waals surface area contributed by atoms with E-state index in [1.54, 1.807) is 12.1 Å². The number of carbonyl (C=O) groups is 1. The van der Waals surface area contributed by atoms with Gasteiger partial charge in [-0.15, -0.1) is 0 Å². The minimum absolute atomic E-state index is 0.0603. The Morgan fingerprint density at radius 2 is 1.77 bits per heavy atom. The smallest absolute Gasteiger partial charge is 0.442 e. The van der Waals surface area contributed by atoms with Crippen molar-refractivity contribution in [2.24, 2.45) is 0 Å². The molecule has 0 aromatic heterocycles. The second-order valence-corrected chi connectivity index (χ2v) is 15.8. The van der Waals surface area contributed by atoms with Crippen LogP contribution in [0.3, 0.4) is 0 Å². The molecule has 172 valence electrons. The van der Waals surface area contributed by atoms with Crippen molar-refractivity contribution < 1.29 is 27.7 Å². The van der Waals surface area contributed by atoms with Crippen LogP contribution in [-0.4, -0.2) is 52.0 Å². The summed E-state index contributed by atoms with van der Waals surface area (Å²) in [6, 6.07) is 4.67. The summed E-state index contributed by atoms with van der Waals surface area (Å²) >= 11 is 0. The fourth-order valence-corrected chi connectivity index (χ4v) is 4.23. The van der Waals surface area contributed by atoms with E-state index in [2.05, 4.69) is 33.9 Å². The molecule has 1 atom stereocenters. The summed E-state index contributed by atoms with van der Waals surface area (Å²) in [5.74, 6) is -0.518. The van der Waals surface area contributed by atoms with Crippen LogP contribution in [0.5, 0.6) is 0 Å². The molecule has 0 radical (unpaired) electrons. The number of halogens is 1. The minimum Gasteiger partial charge on any atom is -0.442 e. The van der Waals surface area contributed by atoms with E-state index < -0.39 is 44.7 Å². The maximum absolute atomic E-state index is 15.0. The Kier molecular flexibility index (Phi) is 6.15. The summed E-state index contributed by atoms with van der Waals surface area (Å²) in [7, 11) is -2.63. The zero-order valence-corrected chi connectivity index (χ0v) is 21.2. The predicted molar refractivity (Wildman–Crippen MR) is 123 cm³/mol. The van der Waals surface area contributed by atoms with E-state index in [1.807, 2.05) is 27.7 Å². The molecule has 0 saturated carbocycles. The van der Waals surface area contributed by atoms with Crippen LogP contribution in [0.1, 0.15) is 48.5 Å². The molecule has 0 N–H and O–H groups in total. The summed E-state index contributed by atoms with van der Waals surface area (Å²) in [5, 5.41) is 0.0603. The predicted octanol–water partition coefficient (Wildman–Crippen LogP) is 4.47. The van der Waals surface area contributed by atoms with Crippen LogP contribution in [-0.2, 0) is 18.5 Å². The molecule has 0 unspecified atom stereocenters. The van der Waals surface area contributed by atoms with Gasteiger partial charge in [-0.05, 0) is 63.4 Å². The van der Waals surface area contributed by atoms with Crippen molar-refractivity contribution in [1.82, 2.24) is 0 Å². The molecule has 0 aliphatic carbocycles. The average molecular weight is 451 g/mol. The zero-order chi connectivity index (χ0) is 23.4. The van der Waals surface area contributed by atoms with Gasteiger partial charge in [-0.1, -0.05) is 26.8 Å². The quantitative estimate of drug-likeness (QED) is 0.619. The van der Waals surface area contributed by atoms with E-state index in [0.717, 1.165) is 0 Å². The SMILES string of the molecule is CC1(C)OB(c2ccc(N3C[C@H](CO[Si](C)(C)C(C)(C)C)OC3=O)c(F)c2)OC1(C)C. The lowest BCUT2D eigenvalue weighted by Gasteiger charge is -2.36. The van der Waals surface area contributed by atoms with Gasteiger partial charge in [0.1, 0.15) is 11.9 Å². The Labute approximate surface area is 186 Å². The lowest BCUT2D eigenvalue weighted by Crippen LogP contribution is -2.43. The van der Waals surface area contributed by atoms with Crippen LogP contribution in [0.15, 0.2) is 18.2 Å². The van der Waals surface area contributed by atoms with E-state index in [0.29, 0.717) is 12.1 Å². The second kappa shape index (κ2) is 7.86. The molecule has 1 amide bonds. The summed E-state index contributed by atoms with van der Waals surface area (Å²) in [5.41, 5.74) is -0.267. The molecule has 3 rings (SSSR count). The Bertz CT molecular complexity index is 839. The first-order valence-electron chi connectivity index (χ1n) is 10.8. The Morgan fingerprint density at radius 3 is 2.29 bits per heavy atom. The van der Waals surface area contributed by atoms with E-state index in [1.165, 1.54) is 11.0 Å². The number of cyclic esters (lactones) is 1. The van der Waals surface area contributed by atoms with E-state index >= 15 is 0 Å². The van der Waals surface area contributed by atoms with Crippen LogP contribution in [0, 0.1) is 5.82 Å². The van der Waals surface area contributed by atoms with Crippen LogP contribution in [0.25, 0.3) is 0 Å². The number of ether oxygens (including phenoxy) is 1. The number of benzene rings is 1. The highest BCUT2D eigenvalue weighted by atomic mass is 28.4. The molecule has 1 aromatic rings. The molecular formula is C22H35BFNO5Si. The normalized spacial score (nSPS) is 23.4. The lowest BCUT2D eigenvalue weighted by atomic mass is 9.79. The van der Waals surface area contributed by atoms with Crippen LogP contribution >= 0.6 is 0 Å². The molecule has 2 saturated heterocycles. The number of rotatable bonds is 5. The topological polar surface area (TPSA) is 57.2 Å². The van der Waals surface area contributed by atoms with Gasteiger partial charge in [0, 0.05) is 0 Å². The first-order chi connectivity index (χ1) is 14.0. The first kappa shape index (κ1) is 24.2. The fourth-order valence-electron chi connectivity index (χ4n) is 3.19. The molecule has 2 fully saturated rings. The number of nitrogens with zero attached hydrogens (tertiary/aromatic N) is 1. The van der Waals surface area contributed by atoms with Gasteiger partial charge in [0.15, 0.2) is 8.32 Å². The van der Waals surface area contributed by atoms with Crippen molar-refractivity contribution in [2.75, 3.05) is 18.1 Å². The summed E-state index contributed by atoms with van der Waals surface area (Å²) in [6.45, 7) is 19.1. The van der Waals surface area contributed by atoms with Gasteiger partial charge in [-0.3, -0.25) is 4.90 Å².